The predicted octanol–water partition coefficient (Wildman–Crippen LogP) is -1.87. The third-order valence-corrected chi connectivity index (χ3v) is 5.78. The Hall–Kier alpha value is -4.31. The standard InChI is InChI=1S/C26H39N5O13/c1-4-6-37-8-10-39-12-13-40-11-9-38-7-5-29-25(34)44-21(19-15-41-26(35)43-19)22-20(30-16(2)32)17(31-24(27)28)14-18(42-22)23(33)36-3/h1,14,17,19-22H,5-13,15H2,2-3H3,(H,29,34)(H,30,32)(H4,27,28,31)/t17-,19+,20+,21+,22+/m0/s1. The van der Waals surface area contributed by atoms with E-state index in [2.05, 4.69) is 21.9 Å². The molecule has 0 saturated carbocycles. The van der Waals surface area contributed by atoms with Gasteiger partial charge < -0.3 is 64.3 Å². The molecule has 2 aliphatic rings. The van der Waals surface area contributed by atoms with E-state index in [1.165, 1.54) is 13.0 Å². The first-order valence-corrected chi connectivity index (χ1v) is 13.5. The molecule has 18 heteroatoms. The molecule has 2 heterocycles. The summed E-state index contributed by atoms with van der Waals surface area (Å²) < 4.78 is 47.3. The van der Waals surface area contributed by atoms with Crippen molar-refractivity contribution in [3.63, 3.8) is 0 Å². The predicted molar refractivity (Wildman–Crippen MR) is 148 cm³/mol. The fourth-order valence-electron chi connectivity index (χ4n) is 3.98. The highest BCUT2D eigenvalue weighted by Gasteiger charge is 2.50. The SMILES string of the molecule is C#CCOCCOCCOCCOCCNC(=O)O[C@@H]([C@@H]1OC(C(=O)OC)=C[C@H](NC(=N)N)[C@H]1NC(C)=O)[C@H]1COC(=O)O1. The van der Waals surface area contributed by atoms with E-state index in [-0.39, 0.29) is 38.7 Å². The van der Waals surface area contributed by atoms with Gasteiger partial charge in [0.15, 0.2) is 24.3 Å². The number of methoxy groups -OCH3 is 1. The summed E-state index contributed by atoms with van der Waals surface area (Å²) >= 11 is 0. The van der Waals surface area contributed by atoms with Crippen molar-refractivity contribution in [2.75, 3.05) is 73.1 Å². The summed E-state index contributed by atoms with van der Waals surface area (Å²) in [7, 11) is 1.12. The van der Waals surface area contributed by atoms with Gasteiger partial charge in [-0.05, 0) is 6.08 Å². The van der Waals surface area contributed by atoms with Crippen LogP contribution in [0.25, 0.3) is 0 Å². The van der Waals surface area contributed by atoms with E-state index < -0.39 is 60.5 Å². The number of nitrogens with two attached hydrogens (primary N) is 1. The molecule has 0 aromatic heterocycles. The number of ether oxygens (including phenoxy) is 9. The first-order valence-electron chi connectivity index (χ1n) is 13.5. The Labute approximate surface area is 254 Å². The molecule has 6 N–H and O–H groups in total. The van der Waals surface area contributed by atoms with Gasteiger partial charge in [-0.15, -0.1) is 6.42 Å². The maximum atomic E-state index is 12.8. The van der Waals surface area contributed by atoms with Crippen molar-refractivity contribution in [2.24, 2.45) is 5.73 Å². The van der Waals surface area contributed by atoms with Gasteiger partial charge in [0.1, 0.15) is 13.2 Å². The Balaban J connectivity index is 1.93. The van der Waals surface area contributed by atoms with Crippen molar-refractivity contribution in [1.29, 1.82) is 5.41 Å². The second-order valence-electron chi connectivity index (χ2n) is 9.02. The van der Waals surface area contributed by atoms with Crippen molar-refractivity contribution in [3.05, 3.63) is 11.8 Å². The third-order valence-electron chi connectivity index (χ3n) is 5.78. The third kappa shape index (κ3) is 12.9. The van der Waals surface area contributed by atoms with Crippen molar-refractivity contribution in [2.45, 2.75) is 37.3 Å². The fraction of sp³-hybridized carbons (Fsp3) is 0.654. The molecular formula is C26H39N5O13. The van der Waals surface area contributed by atoms with Crippen molar-refractivity contribution in [1.82, 2.24) is 16.0 Å². The maximum absolute atomic E-state index is 12.8. The van der Waals surface area contributed by atoms with Gasteiger partial charge in [0, 0.05) is 13.5 Å². The van der Waals surface area contributed by atoms with Crippen LogP contribution in [0.15, 0.2) is 11.8 Å². The molecule has 5 atom stereocenters. The number of esters is 1. The number of cyclic esters (lactones) is 2. The zero-order valence-electron chi connectivity index (χ0n) is 24.5. The number of hydrogen-bond acceptors (Lipinski definition) is 14. The van der Waals surface area contributed by atoms with Crippen LogP contribution in [0.5, 0.6) is 0 Å². The van der Waals surface area contributed by atoms with Crippen LogP contribution in [-0.4, -0.2) is 134 Å². The van der Waals surface area contributed by atoms with Gasteiger partial charge in [0.2, 0.25) is 11.7 Å². The number of amides is 2. The second kappa shape index (κ2) is 19.8. The van der Waals surface area contributed by atoms with Gasteiger partial charge in [-0.3, -0.25) is 10.2 Å². The monoisotopic (exact) mass is 629 g/mol. The van der Waals surface area contributed by atoms with Crippen LogP contribution in [0.1, 0.15) is 6.92 Å². The minimum atomic E-state index is -1.41. The Kier molecular flexibility index (Phi) is 16.1. The summed E-state index contributed by atoms with van der Waals surface area (Å²) in [6.45, 7) is 3.38. The van der Waals surface area contributed by atoms with Crippen LogP contribution in [-0.2, 0) is 52.2 Å². The van der Waals surface area contributed by atoms with E-state index in [0.29, 0.717) is 33.0 Å². The van der Waals surface area contributed by atoms with E-state index in [1.54, 1.807) is 0 Å². The van der Waals surface area contributed by atoms with Gasteiger partial charge in [-0.2, -0.15) is 0 Å². The van der Waals surface area contributed by atoms with Crippen molar-refractivity contribution >= 4 is 30.1 Å². The second-order valence-corrected chi connectivity index (χ2v) is 9.02. The molecule has 1 saturated heterocycles. The van der Waals surface area contributed by atoms with E-state index in [9.17, 15) is 19.2 Å². The van der Waals surface area contributed by atoms with Crippen LogP contribution in [0.2, 0.25) is 0 Å². The highest BCUT2D eigenvalue weighted by atomic mass is 16.8. The zero-order valence-corrected chi connectivity index (χ0v) is 24.5. The molecular weight excluding hydrogens is 590 g/mol. The minimum Gasteiger partial charge on any atom is -0.477 e. The molecule has 0 unspecified atom stereocenters. The van der Waals surface area contributed by atoms with Gasteiger partial charge in [0.25, 0.3) is 0 Å². The van der Waals surface area contributed by atoms with E-state index >= 15 is 0 Å². The lowest BCUT2D eigenvalue weighted by atomic mass is 9.91. The number of carbonyl (C=O) groups excluding carboxylic acids is 4. The van der Waals surface area contributed by atoms with Crippen LogP contribution < -0.4 is 21.7 Å². The Morgan fingerprint density at radius 2 is 1.70 bits per heavy atom. The Morgan fingerprint density at radius 1 is 1.07 bits per heavy atom. The molecule has 18 nitrogen and oxygen atoms in total. The van der Waals surface area contributed by atoms with Crippen LogP contribution in [0, 0.1) is 17.8 Å². The number of nitrogens with one attached hydrogen (secondary N) is 4. The highest BCUT2D eigenvalue weighted by molar-refractivity contribution is 5.87. The molecule has 2 amide bonds. The molecule has 0 radical (unpaired) electrons. The normalized spacial score (nSPS) is 21.3. The maximum Gasteiger partial charge on any atom is 0.508 e. The number of alkyl carbamates (subject to hydrolysis) is 1. The summed E-state index contributed by atoms with van der Waals surface area (Å²) in [5.74, 6) is 0.131. The molecule has 44 heavy (non-hydrogen) atoms. The summed E-state index contributed by atoms with van der Waals surface area (Å²) in [5.41, 5.74) is 5.51. The van der Waals surface area contributed by atoms with Gasteiger partial charge in [-0.25, -0.2) is 14.4 Å². The molecule has 0 aromatic carbocycles. The Morgan fingerprint density at radius 3 is 2.25 bits per heavy atom. The van der Waals surface area contributed by atoms with E-state index in [0.717, 1.165) is 7.11 Å². The van der Waals surface area contributed by atoms with Crippen LogP contribution in [0.4, 0.5) is 9.59 Å². The van der Waals surface area contributed by atoms with Crippen LogP contribution in [0.3, 0.4) is 0 Å². The fourth-order valence-corrected chi connectivity index (χ4v) is 3.98. The molecule has 0 bridgehead atoms. The summed E-state index contributed by atoms with van der Waals surface area (Å²) in [6, 6.07) is -2.07. The average Bonchev–Trinajstić information content (AvgIpc) is 3.41. The quantitative estimate of drug-likeness (QED) is 0.0263. The molecule has 1 fully saturated rings. The molecule has 2 rings (SSSR count). The Bertz CT molecular complexity index is 1050. The van der Waals surface area contributed by atoms with Crippen molar-refractivity contribution < 1.29 is 61.8 Å². The number of terminal acetylenes is 1. The summed E-state index contributed by atoms with van der Waals surface area (Å²) in [6.07, 6.45) is 0.424. The number of guanidine groups is 1. The molecule has 0 spiro atoms. The highest BCUT2D eigenvalue weighted by Crippen LogP contribution is 2.28. The molecule has 0 aliphatic carbocycles. The average molecular weight is 630 g/mol. The summed E-state index contributed by atoms with van der Waals surface area (Å²) in [5, 5.41) is 15.4. The largest absolute Gasteiger partial charge is 0.508 e. The van der Waals surface area contributed by atoms with E-state index in [1.807, 2.05) is 0 Å². The topological polar surface area (TPSA) is 237 Å². The lowest BCUT2D eigenvalue weighted by molar-refractivity contribution is -0.147. The van der Waals surface area contributed by atoms with Gasteiger partial charge >= 0.3 is 18.2 Å². The molecule has 2 aliphatic heterocycles. The van der Waals surface area contributed by atoms with E-state index in [4.69, 9.17) is 60.2 Å². The minimum absolute atomic E-state index is 0.0375. The smallest absolute Gasteiger partial charge is 0.477 e. The first-order chi connectivity index (χ1) is 21.2. The van der Waals surface area contributed by atoms with Crippen LogP contribution >= 0.6 is 0 Å². The van der Waals surface area contributed by atoms with Gasteiger partial charge in [-0.1, -0.05) is 5.92 Å². The van der Waals surface area contributed by atoms with Gasteiger partial charge in [0.05, 0.1) is 65.4 Å². The van der Waals surface area contributed by atoms with Crippen molar-refractivity contribution in [3.8, 4) is 12.3 Å². The summed E-state index contributed by atoms with van der Waals surface area (Å²) in [4.78, 5) is 48.9. The molecule has 246 valence electrons. The number of hydrogen-bond donors (Lipinski definition) is 5. The molecule has 0 aromatic rings. The number of rotatable bonds is 19. The first kappa shape index (κ1) is 35.9. The number of carbonyl (C=O) groups is 4. The lowest BCUT2D eigenvalue weighted by Crippen LogP contribution is -2.64. The zero-order chi connectivity index (χ0) is 32.3. The lowest BCUT2D eigenvalue weighted by Gasteiger charge is -2.41.